The number of carbonyl (C=O) groups is 1. The van der Waals surface area contributed by atoms with E-state index in [2.05, 4.69) is 28.6 Å². The smallest absolute Gasteiger partial charge is 0.317 e. The Morgan fingerprint density at radius 3 is 2.68 bits per heavy atom. The number of nitrogens with one attached hydrogen (secondary N) is 1. The molecule has 1 N–H and O–H groups in total. The summed E-state index contributed by atoms with van der Waals surface area (Å²) in [5.41, 5.74) is 0.552. The predicted octanol–water partition coefficient (Wildman–Crippen LogP) is 4.64. The molecule has 0 spiro atoms. The Bertz CT molecular complexity index is 776. The largest absolute Gasteiger partial charge is 0.336 e. The molecule has 7 heteroatoms. The molecule has 4 nitrogen and oxygen atoms in total. The third-order valence-corrected chi connectivity index (χ3v) is 6.30. The van der Waals surface area contributed by atoms with Gasteiger partial charge in [-0.3, -0.25) is 4.90 Å². The Labute approximate surface area is 169 Å². The van der Waals surface area contributed by atoms with Gasteiger partial charge in [-0.1, -0.05) is 19.1 Å². The second-order valence-corrected chi connectivity index (χ2v) is 8.52. The van der Waals surface area contributed by atoms with E-state index in [4.69, 9.17) is 0 Å². The number of rotatable bonds is 6. The van der Waals surface area contributed by atoms with Gasteiger partial charge in [0.15, 0.2) is 11.6 Å². The Morgan fingerprint density at radius 1 is 1.29 bits per heavy atom. The molecule has 28 heavy (non-hydrogen) atoms. The number of urea groups is 1. The first kappa shape index (κ1) is 20.7. The average molecular weight is 408 g/mol. The predicted molar refractivity (Wildman–Crippen MR) is 108 cm³/mol. The van der Waals surface area contributed by atoms with E-state index in [1.54, 1.807) is 18.4 Å². The van der Waals surface area contributed by atoms with Gasteiger partial charge in [0.25, 0.3) is 0 Å². The standard InChI is InChI=1S/C21H27F2N3OS/c1-15-7-9-26(10-8-15)19(20-4-3-11-28-20)13-24-21(27)25(2)14-16-5-6-17(22)18(23)12-16/h3-6,11-12,15,19H,7-10,13-14H2,1-2H3,(H,24,27). The maximum atomic E-state index is 13.4. The minimum atomic E-state index is -0.900. The Hall–Kier alpha value is -1.99. The van der Waals surface area contributed by atoms with E-state index in [1.165, 1.54) is 28.7 Å². The van der Waals surface area contributed by atoms with Crippen molar-refractivity contribution in [1.29, 1.82) is 0 Å². The van der Waals surface area contributed by atoms with Gasteiger partial charge in [-0.15, -0.1) is 11.3 Å². The molecule has 1 aliphatic heterocycles. The highest BCUT2D eigenvalue weighted by atomic mass is 32.1. The molecular formula is C21H27F2N3OS. The first-order chi connectivity index (χ1) is 13.4. The lowest BCUT2D eigenvalue weighted by Gasteiger charge is -2.36. The number of carbonyl (C=O) groups excluding carboxylic acids is 1. The molecular weight excluding hydrogens is 380 g/mol. The first-order valence-corrected chi connectivity index (χ1v) is 10.5. The minimum absolute atomic E-state index is 0.160. The van der Waals surface area contributed by atoms with E-state index in [-0.39, 0.29) is 18.6 Å². The molecule has 1 fully saturated rings. The number of benzene rings is 1. The van der Waals surface area contributed by atoms with Gasteiger partial charge in [0, 0.05) is 25.0 Å². The van der Waals surface area contributed by atoms with E-state index in [9.17, 15) is 13.6 Å². The van der Waals surface area contributed by atoms with Gasteiger partial charge in [-0.2, -0.15) is 0 Å². The van der Waals surface area contributed by atoms with Crippen LogP contribution < -0.4 is 5.32 Å². The van der Waals surface area contributed by atoms with E-state index in [0.717, 1.165) is 31.1 Å². The van der Waals surface area contributed by atoms with Gasteiger partial charge in [-0.25, -0.2) is 13.6 Å². The molecule has 152 valence electrons. The molecule has 3 rings (SSSR count). The topological polar surface area (TPSA) is 35.6 Å². The summed E-state index contributed by atoms with van der Waals surface area (Å²) in [7, 11) is 1.65. The van der Waals surface area contributed by atoms with Crippen molar-refractivity contribution in [2.45, 2.75) is 32.4 Å². The summed E-state index contributed by atoms with van der Waals surface area (Å²) in [5, 5.41) is 5.07. The maximum absolute atomic E-state index is 13.4. The fraction of sp³-hybridized carbons (Fsp3) is 0.476. The molecule has 1 aromatic carbocycles. The van der Waals surface area contributed by atoms with Crippen molar-refractivity contribution in [1.82, 2.24) is 15.1 Å². The summed E-state index contributed by atoms with van der Waals surface area (Å²) in [4.78, 5) is 17.7. The molecule has 0 aliphatic carbocycles. The van der Waals surface area contributed by atoms with Crippen molar-refractivity contribution in [3.05, 3.63) is 57.8 Å². The molecule has 1 aliphatic rings. The van der Waals surface area contributed by atoms with E-state index in [0.29, 0.717) is 12.1 Å². The summed E-state index contributed by atoms with van der Waals surface area (Å²) in [6.07, 6.45) is 2.34. The lowest BCUT2D eigenvalue weighted by Crippen LogP contribution is -2.44. The molecule has 1 saturated heterocycles. The van der Waals surface area contributed by atoms with Crippen LogP contribution in [-0.4, -0.2) is 42.5 Å². The van der Waals surface area contributed by atoms with Crippen LogP contribution in [-0.2, 0) is 6.54 Å². The molecule has 2 aromatic rings. The van der Waals surface area contributed by atoms with Crippen LogP contribution in [0.3, 0.4) is 0 Å². The third-order valence-electron chi connectivity index (χ3n) is 5.33. The zero-order valence-corrected chi connectivity index (χ0v) is 17.1. The maximum Gasteiger partial charge on any atom is 0.317 e. The summed E-state index contributed by atoms with van der Waals surface area (Å²) >= 11 is 1.71. The summed E-state index contributed by atoms with van der Waals surface area (Å²) in [5.74, 6) is -1.04. The van der Waals surface area contributed by atoms with Crippen LogP contribution in [0.2, 0.25) is 0 Å². The zero-order valence-electron chi connectivity index (χ0n) is 16.3. The number of nitrogens with zero attached hydrogens (tertiary/aromatic N) is 2. The number of thiophene rings is 1. The van der Waals surface area contributed by atoms with Gasteiger partial charge < -0.3 is 10.2 Å². The third kappa shape index (κ3) is 5.29. The zero-order chi connectivity index (χ0) is 20.1. The lowest BCUT2D eigenvalue weighted by atomic mass is 9.97. The van der Waals surface area contributed by atoms with Crippen molar-refractivity contribution < 1.29 is 13.6 Å². The lowest BCUT2D eigenvalue weighted by molar-refractivity contribution is 0.135. The molecule has 2 heterocycles. The van der Waals surface area contributed by atoms with Crippen molar-refractivity contribution in [3.8, 4) is 0 Å². The van der Waals surface area contributed by atoms with Crippen molar-refractivity contribution in [2.24, 2.45) is 5.92 Å². The van der Waals surface area contributed by atoms with Crippen molar-refractivity contribution in [3.63, 3.8) is 0 Å². The van der Waals surface area contributed by atoms with E-state index >= 15 is 0 Å². The van der Waals surface area contributed by atoms with Crippen LogP contribution in [0.1, 0.15) is 36.2 Å². The van der Waals surface area contributed by atoms with Crippen LogP contribution in [0.25, 0.3) is 0 Å². The normalized spacial score (nSPS) is 16.7. The van der Waals surface area contributed by atoms with Crippen molar-refractivity contribution >= 4 is 17.4 Å². The Morgan fingerprint density at radius 2 is 2.04 bits per heavy atom. The van der Waals surface area contributed by atoms with Gasteiger partial charge in [0.05, 0.1) is 6.04 Å². The van der Waals surface area contributed by atoms with Gasteiger partial charge >= 0.3 is 6.03 Å². The molecule has 1 unspecified atom stereocenters. The van der Waals surface area contributed by atoms with Crippen LogP contribution in [0.15, 0.2) is 35.7 Å². The number of amides is 2. The second kappa shape index (κ2) is 9.47. The number of likely N-dealkylation sites (tertiary alicyclic amines) is 1. The highest BCUT2D eigenvalue weighted by molar-refractivity contribution is 7.10. The number of halogens is 2. The molecule has 0 radical (unpaired) electrons. The molecule has 1 atom stereocenters. The quantitative estimate of drug-likeness (QED) is 0.757. The Balaban J connectivity index is 1.58. The first-order valence-electron chi connectivity index (χ1n) is 9.64. The number of hydrogen-bond donors (Lipinski definition) is 1. The fourth-order valence-electron chi connectivity index (χ4n) is 3.53. The second-order valence-electron chi connectivity index (χ2n) is 7.54. The Kier molecular flexibility index (Phi) is 7.02. The van der Waals surface area contributed by atoms with Gasteiger partial charge in [-0.05, 0) is 61.0 Å². The molecule has 1 aromatic heterocycles. The minimum Gasteiger partial charge on any atom is -0.336 e. The van der Waals surface area contributed by atoms with Crippen LogP contribution in [0, 0.1) is 17.6 Å². The fourth-order valence-corrected chi connectivity index (χ4v) is 4.39. The summed E-state index contributed by atoms with van der Waals surface area (Å²) < 4.78 is 26.4. The van der Waals surface area contributed by atoms with Crippen LogP contribution in [0.5, 0.6) is 0 Å². The summed E-state index contributed by atoms with van der Waals surface area (Å²) in [6, 6.07) is 7.79. The van der Waals surface area contributed by atoms with Crippen molar-refractivity contribution in [2.75, 3.05) is 26.7 Å². The SMILES string of the molecule is CC1CCN(C(CNC(=O)N(C)Cc2ccc(F)c(F)c2)c2cccs2)CC1. The molecule has 2 amide bonds. The number of piperidine rings is 1. The van der Waals surface area contributed by atoms with E-state index in [1.807, 2.05) is 6.07 Å². The average Bonchev–Trinajstić information content (AvgIpc) is 3.20. The summed E-state index contributed by atoms with van der Waals surface area (Å²) in [6.45, 7) is 5.09. The highest BCUT2D eigenvalue weighted by Crippen LogP contribution is 2.29. The monoisotopic (exact) mass is 407 g/mol. The molecule has 0 bridgehead atoms. The van der Waals surface area contributed by atoms with Crippen LogP contribution in [0.4, 0.5) is 13.6 Å². The van der Waals surface area contributed by atoms with E-state index < -0.39 is 11.6 Å². The van der Waals surface area contributed by atoms with Gasteiger partial charge in [0.1, 0.15) is 0 Å². The molecule has 0 saturated carbocycles. The highest BCUT2D eigenvalue weighted by Gasteiger charge is 2.26. The number of hydrogen-bond acceptors (Lipinski definition) is 3. The van der Waals surface area contributed by atoms with Crippen LogP contribution >= 0.6 is 11.3 Å². The van der Waals surface area contributed by atoms with Gasteiger partial charge in [0.2, 0.25) is 0 Å².